The maximum atomic E-state index is 13.1. The molecule has 1 aromatic rings. The molecule has 0 fully saturated rings. The lowest BCUT2D eigenvalue weighted by atomic mass is 9.99. The Morgan fingerprint density at radius 3 is 2.65 bits per heavy atom. The van der Waals surface area contributed by atoms with E-state index in [1.54, 1.807) is 0 Å². The van der Waals surface area contributed by atoms with Crippen LogP contribution in [0.5, 0.6) is 0 Å². The molecule has 5 nitrogen and oxygen atoms in total. The second-order valence-electron chi connectivity index (χ2n) is 3.70. The molecule has 7 heteroatoms. The van der Waals surface area contributed by atoms with E-state index in [-0.39, 0.29) is 11.3 Å². The maximum absolute atomic E-state index is 13.1. The summed E-state index contributed by atoms with van der Waals surface area (Å²) in [7, 11) is 0. The van der Waals surface area contributed by atoms with Crippen LogP contribution in [0.25, 0.3) is 0 Å². The summed E-state index contributed by atoms with van der Waals surface area (Å²) in [5, 5.41) is 19.1. The molecule has 0 radical (unpaired) electrons. The van der Waals surface area contributed by atoms with E-state index in [9.17, 15) is 18.9 Å². The van der Waals surface area contributed by atoms with Gasteiger partial charge in [-0.15, -0.1) is 0 Å². The number of alkyl halides is 2. The Balaban J connectivity index is 3.16. The molecule has 0 aromatic heterocycles. The lowest BCUT2D eigenvalue weighted by Gasteiger charge is -2.21. The van der Waals surface area contributed by atoms with E-state index in [0.717, 1.165) is 6.07 Å². The molecule has 1 atom stereocenters. The fourth-order valence-electron chi connectivity index (χ4n) is 1.36. The molecule has 1 rings (SSSR count). The Morgan fingerprint density at radius 2 is 2.18 bits per heavy atom. The molecular formula is C10H12F2N2O3. The number of hydrogen-bond donors (Lipinski definition) is 2. The molecule has 1 aromatic carbocycles. The van der Waals surface area contributed by atoms with E-state index in [0.29, 0.717) is 5.56 Å². The third-order valence-corrected chi connectivity index (χ3v) is 2.45. The molecule has 0 saturated carbocycles. The molecule has 0 aliphatic carbocycles. The average molecular weight is 246 g/mol. The molecule has 0 unspecified atom stereocenters. The molecule has 0 bridgehead atoms. The van der Waals surface area contributed by atoms with Gasteiger partial charge in [-0.1, -0.05) is 12.1 Å². The van der Waals surface area contributed by atoms with E-state index in [4.69, 9.17) is 10.8 Å². The van der Waals surface area contributed by atoms with Gasteiger partial charge in [0.2, 0.25) is 0 Å². The van der Waals surface area contributed by atoms with E-state index in [1.165, 1.54) is 19.1 Å². The van der Waals surface area contributed by atoms with Crippen LogP contribution in [0.3, 0.4) is 0 Å². The normalized spacial score (nSPS) is 13.5. The van der Waals surface area contributed by atoms with Gasteiger partial charge < -0.3 is 10.8 Å². The standard InChI is InChI=1S/C10H12F2N2O3/c1-6-2-3-7(4-8(6)14(16)17)9(13)10(11,12)5-15/h2-4,9,15H,5,13H2,1H3/t9-/m0/s1. The first-order valence-electron chi connectivity index (χ1n) is 4.79. The number of nitrogens with zero attached hydrogens (tertiary/aromatic N) is 1. The van der Waals surface area contributed by atoms with Crippen LogP contribution in [-0.2, 0) is 0 Å². The van der Waals surface area contributed by atoms with Crippen LogP contribution in [-0.4, -0.2) is 22.6 Å². The van der Waals surface area contributed by atoms with Gasteiger partial charge in [0.1, 0.15) is 6.61 Å². The third kappa shape index (κ3) is 2.75. The fraction of sp³-hybridized carbons (Fsp3) is 0.400. The van der Waals surface area contributed by atoms with E-state index in [2.05, 4.69) is 0 Å². The largest absolute Gasteiger partial charge is 0.390 e. The molecule has 0 amide bonds. The minimum atomic E-state index is -3.51. The Bertz CT molecular complexity index is 438. The lowest BCUT2D eigenvalue weighted by molar-refractivity contribution is -0.385. The van der Waals surface area contributed by atoms with Crippen molar-refractivity contribution in [3.8, 4) is 0 Å². The summed E-state index contributed by atoms with van der Waals surface area (Å²) < 4.78 is 26.2. The smallest absolute Gasteiger partial charge is 0.289 e. The highest BCUT2D eigenvalue weighted by Gasteiger charge is 2.37. The Labute approximate surface area is 96.0 Å². The summed E-state index contributed by atoms with van der Waals surface area (Å²) in [6.07, 6.45) is 0. The zero-order valence-electron chi connectivity index (χ0n) is 9.06. The first-order chi connectivity index (χ1) is 7.79. The molecule has 3 N–H and O–H groups in total. The molecule has 0 heterocycles. The van der Waals surface area contributed by atoms with Crippen molar-refractivity contribution in [1.29, 1.82) is 0 Å². The molecule has 0 spiro atoms. The topological polar surface area (TPSA) is 89.4 Å². The number of aliphatic hydroxyl groups is 1. The zero-order chi connectivity index (χ0) is 13.2. The van der Waals surface area contributed by atoms with Crippen molar-refractivity contribution < 1.29 is 18.8 Å². The van der Waals surface area contributed by atoms with Gasteiger partial charge in [-0.3, -0.25) is 10.1 Å². The van der Waals surface area contributed by atoms with Crippen molar-refractivity contribution in [3.63, 3.8) is 0 Å². The van der Waals surface area contributed by atoms with Crippen LogP contribution in [0.4, 0.5) is 14.5 Å². The molecule has 94 valence electrons. The maximum Gasteiger partial charge on any atom is 0.289 e. The highest BCUT2D eigenvalue weighted by atomic mass is 19.3. The monoisotopic (exact) mass is 246 g/mol. The first-order valence-corrected chi connectivity index (χ1v) is 4.79. The van der Waals surface area contributed by atoms with Gasteiger partial charge >= 0.3 is 0 Å². The van der Waals surface area contributed by atoms with Crippen LogP contribution >= 0.6 is 0 Å². The highest BCUT2D eigenvalue weighted by Crippen LogP contribution is 2.31. The van der Waals surface area contributed by atoms with Gasteiger partial charge in [-0.05, 0) is 12.5 Å². The summed E-state index contributed by atoms with van der Waals surface area (Å²) in [5.74, 6) is -3.51. The SMILES string of the molecule is Cc1ccc([C@H](N)C(F)(F)CO)cc1[N+](=O)[O-]. The van der Waals surface area contributed by atoms with Crippen LogP contribution in [0.1, 0.15) is 17.2 Å². The van der Waals surface area contributed by atoms with Crippen molar-refractivity contribution in [2.45, 2.75) is 18.9 Å². The van der Waals surface area contributed by atoms with Crippen LogP contribution in [0, 0.1) is 17.0 Å². The van der Waals surface area contributed by atoms with E-state index >= 15 is 0 Å². The van der Waals surface area contributed by atoms with Gasteiger partial charge in [-0.25, -0.2) is 8.78 Å². The molecule has 0 saturated heterocycles. The number of halogens is 2. The predicted octanol–water partition coefficient (Wildman–Crippen LogP) is 1.53. The summed E-state index contributed by atoms with van der Waals surface area (Å²) in [4.78, 5) is 9.98. The summed E-state index contributed by atoms with van der Waals surface area (Å²) in [6.45, 7) is 0.0907. The minimum absolute atomic E-state index is 0.0821. The van der Waals surface area contributed by atoms with Crippen molar-refractivity contribution in [3.05, 3.63) is 39.4 Å². The van der Waals surface area contributed by atoms with Gasteiger partial charge in [-0.2, -0.15) is 0 Å². The van der Waals surface area contributed by atoms with E-state index < -0.39 is 23.5 Å². The second-order valence-corrected chi connectivity index (χ2v) is 3.70. The minimum Gasteiger partial charge on any atom is -0.390 e. The molecular weight excluding hydrogens is 234 g/mol. The van der Waals surface area contributed by atoms with Gasteiger partial charge in [0.05, 0.1) is 11.0 Å². The molecule has 17 heavy (non-hydrogen) atoms. The van der Waals surface area contributed by atoms with Crippen LogP contribution in [0.15, 0.2) is 18.2 Å². The zero-order valence-corrected chi connectivity index (χ0v) is 9.06. The van der Waals surface area contributed by atoms with Crippen molar-refractivity contribution in [1.82, 2.24) is 0 Å². The Hall–Kier alpha value is -1.60. The number of aryl methyl sites for hydroxylation is 1. The number of nitro benzene ring substituents is 1. The third-order valence-electron chi connectivity index (χ3n) is 2.45. The van der Waals surface area contributed by atoms with Crippen LogP contribution < -0.4 is 5.73 Å². The van der Waals surface area contributed by atoms with Gasteiger partial charge in [0.15, 0.2) is 0 Å². The van der Waals surface area contributed by atoms with Gasteiger partial charge in [0.25, 0.3) is 11.6 Å². The number of hydrogen-bond acceptors (Lipinski definition) is 4. The number of nitrogens with two attached hydrogens (primary N) is 1. The van der Waals surface area contributed by atoms with Crippen molar-refractivity contribution >= 4 is 5.69 Å². The number of nitro groups is 1. The summed E-state index contributed by atoms with van der Waals surface area (Å²) >= 11 is 0. The van der Waals surface area contributed by atoms with Crippen molar-refractivity contribution in [2.24, 2.45) is 5.73 Å². The number of aliphatic hydroxyl groups excluding tert-OH is 1. The van der Waals surface area contributed by atoms with Crippen molar-refractivity contribution in [2.75, 3.05) is 6.61 Å². The average Bonchev–Trinajstić information content (AvgIpc) is 2.28. The lowest BCUT2D eigenvalue weighted by Crippen LogP contribution is -2.36. The molecule has 0 aliphatic rings. The number of benzene rings is 1. The Morgan fingerprint density at radius 1 is 1.59 bits per heavy atom. The number of rotatable bonds is 4. The molecule has 0 aliphatic heterocycles. The summed E-state index contributed by atoms with van der Waals surface area (Å²) in [5.41, 5.74) is 5.28. The fourth-order valence-corrected chi connectivity index (χ4v) is 1.36. The second kappa shape index (κ2) is 4.72. The van der Waals surface area contributed by atoms with Crippen LogP contribution in [0.2, 0.25) is 0 Å². The van der Waals surface area contributed by atoms with Gasteiger partial charge in [0, 0.05) is 11.6 Å². The van der Waals surface area contributed by atoms with E-state index in [1.807, 2.05) is 0 Å². The first kappa shape index (κ1) is 13.5. The highest BCUT2D eigenvalue weighted by molar-refractivity contribution is 5.43. The Kier molecular flexibility index (Phi) is 3.74. The predicted molar refractivity (Wildman–Crippen MR) is 56.8 cm³/mol. The summed E-state index contributed by atoms with van der Waals surface area (Å²) in [6, 6.07) is 1.87. The quantitative estimate of drug-likeness (QED) is 0.622.